The Morgan fingerprint density at radius 1 is 0.929 bits per heavy atom. The van der Waals surface area contributed by atoms with Crippen molar-refractivity contribution in [1.82, 2.24) is 0 Å². The number of benzene rings is 2. The molecule has 0 bridgehead atoms. The minimum absolute atomic E-state index is 0.211. The van der Waals surface area contributed by atoms with Crippen LogP contribution in [0.4, 0.5) is 0 Å². The van der Waals surface area contributed by atoms with Crippen LogP contribution in [0.5, 0.6) is 5.75 Å². The maximum Gasteiger partial charge on any atom is 0.325 e. The third-order valence-electron chi connectivity index (χ3n) is 5.28. The second-order valence-electron chi connectivity index (χ2n) is 8.31. The average molecular weight is 382 g/mol. The third-order valence-corrected chi connectivity index (χ3v) is 5.28. The number of hydrogen-bond donors (Lipinski definition) is 1. The van der Waals surface area contributed by atoms with Gasteiger partial charge in [0.25, 0.3) is 0 Å². The largest absolute Gasteiger partial charge is 0.489 e. The number of nitrogens with two attached hydrogens (primary N) is 1. The molecule has 0 unspecified atom stereocenters. The summed E-state index contributed by atoms with van der Waals surface area (Å²) in [7, 11) is 0. The molecule has 1 aliphatic carbocycles. The first-order valence-electron chi connectivity index (χ1n) is 10.2. The lowest BCUT2D eigenvalue weighted by Crippen LogP contribution is -2.42. The number of rotatable bonds is 7. The third kappa shape index (κ3) is 5.83. The van der Waals surface area contributed by atoms with Gasteiger partial charge in [0.15, 0.2) is 0 Å². The van der Waals surface area contributed by atoms with Crippen molar-refractivity contribution < 1.29 is 14.3 Å². The average Bonchev–Trinajstić information content (AvgIpc) is 2.71. The van der Waals surface area contributed by atoms with Crippen molar-refractivity contribution in [3.05, 3.63) is 65.2 Å². The molecule has 150 valence electrons. The fourth-order valence-electron chi connectivity index (χ4n) is 3.51. The number of ether oxygens (including phenoxy) is 2. The van der Waals surface area contributed by atoms with Gasteiger partial charge in [-0.3, -0.25) is 4.79 Å². The van der Waals surface area contributed by atoms with Crippen LogP contribution < -0.4 is 10.5 Å². The molecule has 0 radical (unpaired) electrons. The van der Waals surface area contributed by atoms with Gasteiger partial charge in [0.2, 0.25) is 0 Å². The molecule has 4 heteroatoms. The fourth-order valence-corrected chi connectivity index (χ4v) is 3.51. The van der Waals surface area contributed by atoms with E-state index in [9.17, 15) is 4.79 Å². The maximum absolute atomic E-state index is 11.7. The molecule has 1 aliphatic rings. The highest BCUT2D eigenvalue weighted by Gasteiger charge is 2.23. The fraction of sp³-hybridized carbons (Fsp3) is 0.458. The van der Waals surface area contributed by atoms with Gasteiger partial charge in [-0.1, -0.05) is 55.7 Å². The molecule has 1 fully saturated rings. The van der Waals surface area contributed by atoms with Gasteiger partial charge in [-0.05, 0) is 61.4 Å². The molecule has 1 saturated carbocycles. The summed E-state index contributed by atoms with van der Waals surface area (Å²) in [6.45, 7) is 4.02. The molecule has 2 aromatic rings. The zero-order chi connectivity index (χ0) is 20.0. The van der Waals surface area contributed by atoms with E-state index in [4.69, 9.17) is 15.2 Å². The van der Waals surface area contributed by atoms with Crippen molar-refractivity contribution in [2.24, 2.45) is 5.73 Å². The highest BCUT2D eigenvalue weighted by Crippen LogP contribution is 2.32. The van der Waals surface area contributed by atoms with Crippen LogP contribution in [0.25, 0.3) is 0 Å². The molecule has 28 heavy (non-hydrogen) atoms. The Bertz CT molecular complexity index is 754. The van der Waals surface area contributed by atoms with Gasteiger partial charge in [0.1, 0.15) is 24.5 Å². The SMILES string of the molecule is CC(C)(N)C(=O)OCc1ccc(OCc2ccc(C3CCCCC3)cc2)cc1. The lowest BCUT2D eigenvalue weighted by molar-refractivity contribution is -0.150. The van der Waals surface area contributed by atoms with E-state index in [1.807, 2.05) is 24.3 Å². The number of carbonyl (C=O) groups is 1. The van der Waals surface area contributed by atoms with Gasteiger partial charge < -0.3 is 15.2 Å². The number of carbonyl (C=O) groups excluding carboxylic acids is 1. The zero-order valence-electron chi connectivity index (χ0n) is 16.9. The molecule has 2 aromatic carbocycles. The van der Waals surface area contributed by atoms with Crippen molar-refractivity contribution in [3.8, 4) is 5.75 Å². The maximum atomic E-state index is 11.7. The molecule has 0 saturated heterocycles. The Labute approximate surface area is 168 Å². The minimum atomic E-state index is -0.977. The molecule has 2 N–H and O–H groups in total. The second-order valence-corrected chi connectivity index (χ2v) is 8.31. The predicted octanol–water partition coefficient (Wildman–Crippen LogP) is 5.09. The van der Waals surface area contributed by atoms with E-state index in [0.29, 0.717) is 6.61 Å². The Kier molecular flexibility index (Phi) is 6.74. The standard InChI is InChI=1S/C24H31NO3/c1-24(2,25)23(26)28-17-19-10-14-22(15-11-19)27-16-18-8-12-21(13-9-18)20-6-4-3-5-7-20/h8-15,20H,3-7,16-17,25H2,1-2H3. The van der Waals surface area contributed by atoms with E-state index in [1.54, 1.807) is 13.8 Å². The first-order valence-corrected chi connectivity index (χ1v) is 10.2. The summed E-state index contributed by atoms with van der Waals surface area (Å²) in [4.78, 5) is 11.7. The van der Waals surface area contributed by atoms with Crippen molar-refractivity contribution >= 4 is 5.97 Å². The highest BCUT2D eigenvalue weighted by molar-refractivity contribution is 5.79. The summed E-state index contributed by atoms with van der Waals surface area (Å²) < 4.78 is 11.1. The zero-order valence-corrected chi connectivity index (χ0v) is 16.9. The molecule has 0 spiro atoms. The Balaban J connectivity index is 1.47. The van der Waals surface area contributed by atoms with Gasteiger partial charge in [-0.25, -0.2) is 0 Å². The summed E-state index contributed by atoms with van der Waals surface area (Å²) in [5.74, 6) is 1.12. The predicted molar refractivity (Wildman–Crippen MR) is 111 cm³/mol. The minimum Gasteiger partial charge on any atom is -0.489 e. The first kappa shape index (κ1) is 20.4. The smallest absolute Gasteiger partial charge is 0.325 e. The molecule has 3 rings (SSSR count). The summed E-state index contributed by atoms with van der Waals surface area (Å²) in [5.41, 5.74) is 8.28. The van der Waals surface area contributed by atoms with Crippen LogP contribution in [0.15, 0.2) is 48.5 Å². The summed E-state index contributed by atoms with van der Waals surface area (Å²) in [6, 6.07) is 16.5. The molecule has 0 heterocycles. The van der Waals surface area contributed by atoms with Crippen LogP contribution in [0.2, 0.25) is 0 Å². The topological polar surface area (TPSA) is 61.6 Å². The lowest BCUT2D eigenvalue weighted by Gasteiger charge is -2.22. The molecule has 0 aliphatic heterocycles. The molecule has 4 nitrogen and oxygen atoms in total. The van der Waals surface area contributed by atoms with Crippen LogP contribution >= 0.6 is 0 Å². The normalized spacial score (nSPS) is 15.2. The van der Waals surface area contributed by atoms with Gasteiger partial charge in [-0.2, -0.15) is 0 Å². The number of hydrogen-bond acceptors (Lipinski definition) is 4. The first-order chi connectivity index (χ1) is 13.4. The van der Waals surface area contributed by atoms with Crippen molar-refractivity contribution in [2.75, 3.05) is 0 Å². The van der Waals surface area contributed by atoms with Crippen molar-refractivity contribution in [2.45, 2.75) is 70.6 Å². The van der Waals surface area contributed by atoms with E-state index < -0.39 is 11.5 Å². The van der Waals surface area contributed by atoms with Crippen LogP contribution in [-0.2, 0) is 22.7 Å². The molecule has 0 aromatic heterocycles. The van der Waals surface area contributed by atoms with Gasteiger partial charge in [-0.15, -0.1) is 0 Å². The van der Waals surface area contributed by atoms with Gasteiger partial charge in [0, 0.05) is 0 Å². The summed E-state index contributed by atoms with van der Waals surface area (Å²) >= 11 is 0. The number of esters is 1. The van der Waals surface area contributed by atoms with Gasteiger partial charge >= 0.3 is 5.97 Å². The molecular formula is C24H31NO3. The lowest BCUT2D eigenvalue weighted by atomic mass is 9.84. The Morgan fingerprint density at radius 2 is 1.50 bits per heavy atom. The van der Waals surface area contributed by atoms with Crippen LogP contribution in [0.3, 0.4) is 0 Å². The summed E-state index contributed by atoms with van der Waals surface area (Å²) in [5, 5.41) is 0. The second kappa shape index (κ2) is 9.24. The van der Waals surface area contributed by atoms with Crippen molar-refractivity contribution in [3.63, 3.8) is 0 Å². The van der Waals surface area contributed by atoms with E-state index >= 15 is 0 Å². The quantitative estimate of drug-likeness (QED) is 0.678. The Morgan fingerprint density at radius 3 is 2.11 bits per heavy atom. The van der Waals surface area contributed by atoms with Crippen LogP contribution in [0.1, 0.15) is 68.6 Å². The van der Waals surface area contributed by atoms with E-state index in [0.717, 1.165) is 17.2 Å². The van der Waals surface area contributed by atoms with E-state index in [2.05, 4.69) is 24.3 Å². The van der Waals surface area contributed by atoms with E-state index in [1.165, 1.54) is 43.2 Å². The molecular weight excluding hydrogens is 350 g/mol. The van der Waals surface area contributed by atoms with E-state index in [-0.39, 0.29) is 6.61 Å². The monoisotopic (exact) mass is 381 g/mol. The van der Waals surface area contributed by atoms with Gasteiger partial charge in [0.05, 0.1) is 0 Å². The van der Waals surface area contributed by atoms with Crippen LogP contribution in [-0.4, -0.2) is 11.5 Å². The summed E-state index contributed by atoms with van der Waals surface area (Å²) in [6.07, 6.45) is 6.73. The van der Waals surface area contributed by atoms with Crippen LogP contribution in [0, 0.1) is 0 Å². The highest BCUT2D eigenvalue weighted by atomic mass is 16.5. The van der Waals surface area contributed by atoms with Crippen molar-refractivity contribution in [1.29, 1.82) is 0 Å². The molecule has 0 atom stereocenters. The molecule has 0 amide bonds. The Hall–Kier alpha value is -2.33.